The second-order valence-corrected chi connectivity index (χ2v) is 4.13. The molecule has 0 atom stereocenters. The first kappa shape index (κ1) is 14.8. The number of carbonyl (C=O) groups is 2. The molecule has 1 amide bonds. The number of primary amides is 1. The number of amides is 1. The number of hydrogen-bond donors (Lipinski definition) is 1. The maximum Gasteiger partial charge on any atom is 0.493 e. The third-order valence-corrected chi connectivity index (χ3v) is 2.79. The van der Waals surface area contributed by atoms with Gasteiger partial charge in [-0.3, -0.25) is 4.79 Å². The van der Waals surface area contributed by atoms with E-state index in [1.807, 2.05) is 0 Å². The lowest BCUT2D eigenvalue weighted by atomic mass is 10.1. The Kier molecular flexibility index (Phi) is 3.58. The number of halogens is 3. The summed E-state index contributed by atoms with van der Waals surface area (Å²) in [6.45, 7) is 1.76. The van der Waals surface area contributed by atoms with Crippen molar-refractivity contribution in [2.24, 2.45) is 5.73 Å². The number of aromatic nitrogens is 2. The third kappa shape index (κ3) is 2.67. The molecule has 0 aromatic carbocycles. The summed E-state index contributed by atoms with van der Waals surface area (Å²) in [5.41, 5.74) is 5.38. The number of hydrogen-bond acceptors (Lipinski definition) is 4. The monoisotopic (exact) mass is 301 g/mol. The molecule has 0 aliphatic rings. The summed E-state index contributed by atoms with van der Waals surface area (Å²) < 4.78 is 37.4. The molecule has 0 unspecified atom stereocenters. The zero-order valence-corrected chi connectivity index (χ0v) is 10.8. The maximum absolute atomic E-state index is 12.3. The minimum Gasteiger partial charge on any atom is -0.364 e. The predicted molar refractivity (Wildman–Crippen MR) is 65.3 cm³/mol. The fourth-order valence-electron chi connectivity index (χ4n) is 1.89. The van der Waals surface area contributed by atoms with Gasteiger partial charge in [0.15, 0.2) is 5.69 Å². The van der Waals surface area contributed by atoms with Crippen LogP contribution in [0.1, 0.15) is 23.0 Å². The van der Waals surface area contributed by atoms with Gasteiger partial charge in [0.05, 0.1) is 0 Å². The average Bonchev–Trinajstić information content (AvgIpc) is 2.75. The molecule has 2 aromatic rings. The first-order valence-corrected chi connectivity index (χ1v) is 5.84. The van der Waals surface area contributed by atoms with Crippen LogP contribution in [0.25, 0.3) is 10.9 Å². The molecule has 0 saturated carbocycles. The van der Waals surface area contributed by atoms with Crippen LogP contribution in [0.5, 0.6) is 0 Å². The number of carbonyl (C=O) groups excluding carboxylic acids is 2. The normalized spacial score (nSPS) is 11.6. The number of pyridine rings is 1. The van der Waals surface area contributed by atoms with Crippen molar-refractivity contribution in [2.75, 3.05) is 0 Å². The van der Waals surface area contributed by atoms with Crippen LogP contribution in [0.15, 0.2) is 18.5 Å². The SMILES string of the molecule is CCc1cn(OC(=O)C(F)(F)F)c2c(C(N)=O)nccc12. The largest absolute Gasteiger partial charge is 0.493 e. The van der Waals surface area contributed by atoms with E-state index in [0.29, 0.717) is 22.1 Å². The van der Waals surface area contributed by atoms with Crippen molar-refractivity contribution in [2.45, 2.75) is 19.5 Å². The Hall–Kier alpha value is -2.58. The predicted octanol–water partition coefficient (Wildman–Crippen LogP) is 1.22. The number of fused-ring (bicyclic) bond motifs is 1. The minimum atomic E-state index is -5.15. The van der Waals surface area contributed by atoms with Gasteiger partial charge in [-0.1, -0.05) is 6.92 Å². The van der Waals surface area contributed by atoms with Crippen LogP contribution in [-0.2, 0) is 11.2 Å². The lowest BCUT2D eigenvalue weighted by Crippen LogP contribution is -2.33. The number of nitrogens with zero attached hydrogens (tertiary/aromatic N) is 2. The van der Waals surface area contributed by atoms with Crippen molar-refractivity contribution >= 4 is 22.8 Å². The topological polar surface area (TPSA) is 87.2 Å². The summed E-state index contributed by atoms with van der Waals surface area (Å²) in [4.78, 5) is 30.3. The Bertz CT molecular complexity index is 722. The van der Waals surface area contributed by atoms with E-state index in [0.717, 1.165) is 0 Å². The second kappa shape index (κ2) is 5.08. The van der Waals surface area contributed by atoms with Gasteiger partial charge in [0.1, 0.15) is 5.52 Å². The molecule has 112 valence electrons. The molecule has 0 radical (unpaired) electrons. The van der Waals surface area contributed by atoms with Crippen LogP contribution in [-0.4, -0.2) is 27.8 Å². The van der Waals surface area contributed by atoms with Crippen LogP contribution in [0, 0.1) is 0 Å². The maximum atomic E-state index is 12.3. The highest BCUT2D eigenvalue weighted by Crippen LogP contribution is 2.24. The summed E-state index contributed by atoms with van der Waals surface area (Å²) in [5, 5.41) is 0.441. The Labute approximate surface area is 116 Å². The van der Waals surface area contributed by atoms with E-state index >= 15 is 0 Å². The summed E-state index contributed by atoms with van der Waals surface area (Å²) in [6, 6.07) is 1.50. The molecule has 0 bridgehead atoms. The van der Waals surface area contributed by atoms with Crippen LogP contribution in [0.4, 0.5) is 13.2 Å². The number of nitrogens with two attached hydrogens (primary N) is 1. The number of aryl methyl sites for hydroxylation is 1. The highest BCUT2D eigenvalue weighted by molar-refractivity contribution is 6.04. The molecule has 2 N–H and O–H groups in total. The second-order valence-electron chi connectivity index (χ2n) is 4.13. The zero-order chi connectivity index (χ0) is 15.8. The summed E-state index contributed by atoms with van der Waals surface area (Å²) >= 11 is 0. The van der Waals surface area contributed by atoms with Gasteiger partial charge in [-0.05, 0) is 18.1 Å². The van der Waals surface area contributed by atoms with Gasteiger partial charge in [-0.15, -0.1) is 0 Å². The van der Waals surface area contributed by atoms with Crippen molar-refractivity contribution in [3.05, 3.63) is 29.7 Å². The van der Waals surface area contributed by atoms with Gasteiger partial charge < -0.3 is 10.6 Å². The van der Waals surface area contributed by atoms with E-state index < -0.39 is 18.1 Å². The fraction of sp³-hybridized carbons (Fsp3) is 0.250. The Morgan fingerprint density at radius 2 is 2.10 bits per heavy atom. The lowest BCUT2D eigenvalue weighted by molar-refractivity contribution is -0.199. The van der Waals surface area contributed by atoms with Crippen molar-refractivity contribution < 1.29 is 27.6 Å². The summed E-state index contributed by atoms with van der Waals surface area (Å²) in [7, 11) is 0. The van der Waals surface area contributed by atoms with E-state index in [4.69, 9.17) is 5.73 Å². The van der Waals surface area contributed by atoms with Crippen LogP contribution in [0.2, 0.25) is 0 Å². The lowest BCUT2D eigenvalue weighted by Gasteiger charge is -2.09. The van der Waals surface area contributed by atoms with Crippen molar-refractivity contribution in [3.63, 3.8) is 0 Å². The van der Waals surface area contributed by atoms with Gasteiger partial charge in [0, 0.05) is 17.8 Å². The highest BCUT2D eigenvalue weighted by Gasteiger charge is 2.42. The molecule has 9 heteroatoms. The van der Waals surface area contributed by atoms with Gasteiger partial charge >= 0.3 is 12.1 Å². The molecule has 0 spiro atoms. The Morgan fingerprint density at radius 3 is 2.62 bits per heavy atom. The van der Waals surface area contributed by atoms with Crippen molar-refractivity contribution in [1.29, 1.82) is 0 Å². The van der Waals surface area contributed by atoms with Crippen molar-refractivity contribution in [1.82, 2.24) is 9.71 Å². The van der Waals surface area contributed by atoms with Crippen molar-refractivity contribution in [3.8, 4) is 0 Å². The van der Waals surface area contributed by atoms with Gasteiger partial charge in [-0.25, -0.2) is 9.78 Å². The van der Waals surface area contributed by atoms with E-state index in [2.05, 4.69) is 9.82 Å². The summed E-state index contributed by atoms with van der Waals surface area (Å²) in [5.74, 6) is -3.34. The Balaban J connectivity index is 2.63. The average molecular weight is 301 g/mol. The highest BCUT2D eigenvalue weighted by atomic mass is 19.4. The fourth-order valence-corrected chi connectivity index (χ4v) is 1.89. The van der Waals surface area contributed by atoms with Crippen LogP contribution >= 0.6 is 0 Å². The molecule has 0 fully saturated rings. The third-order valence-electron chi connectivity index (χ3n) is 2.79. The summed E-state index contributed by atoms with van der Waals surface area (Å²) in [6.07, 6.45) is -2.20. The Morgan fingerprint density at radius 1 is 1.43 bits per heavy atom. The molecule has 2 aromatic heterocycles. The molecule has 0 aliphatic carbocycles. The minimum absolute atomic E-state index is 0.0700. The molecule has 21 heavy (non-hydrogen) atoms. The van der Waals surface area contributed by atoms with E-state index in [1.54, 1.807) is 6.92 Å². The van der Waals surface area contributed by atoms with Gasteiger partial charge in [0.25, 0.3) is 5.91 Å². The molecule has 2 heterocycles. The zero-order valence-electron chi connectivity index (χ0n) is 10.8. The first-order chi connectivity index (χ1) is 9.75. The molecule has 2 rings (SSSR count). The molecular weight excluding hydrogens is 291 g/mol. The molecule has 0 saturated heterocycles. The first-order valence-electron chi connectivity index (χ1n) is 5.84. The molecule has 0 aliphatic heterocycles. The van der Waals surface area contributed by atoms with E-state index in [-0.39, 0.29) is 11.2 Å². The number of alkyl halides is 3. The number of rotatable bonds is 3. The van der Waals surface area contributed by atoms with Gasteiger partial charge in [0.2, 0.25) is 0 Å². The van der Waals surface area contributed by atoms with Crippen LogP contribution < -0.4 is 10.6 Å². The molecular formula is C12H10F3N3O3. The quantitative estimate of drug-likeness (QED) is 0.923. The molecule has 6 nitrogen and oxygen atoms in total. The van der Waals surface area contributed by atoms with Crippen LogP contribution in [0.3, 0.4) is 0 Å². The smallest absolute Gasteiger partial charge is 0.364 e. The standard InChI is InChI=1S/C12H10F3N3O3/c1-2-6-5-18(21-11(20)12(13,14)15)9-7(6)3-4-17-8(9)10(16)19/h3-5H,2H2,1H3,(H2,16,19). The van der Waals surface area contributed by atoms with E-state index in [9.17, 15) is 22.8 Å². The van der Waals surface area contributed by atoms with Gasteiger partial charge in [-0.2, -0.15) is 17.9 Å². The van der Waals surface area contributed by atoms with E-state index in [1.165, 1.54) is 18.5 Å².